The van der Waals surface area contributed by atoms with Crippen molar-refractivity contribution in [1.29, 1.82) is 0 Å². The highest BCUT2D eigenvalue weighted by Gasteiger charge is 2.10. The summed E-state index contributed by atoms with van der Waals surface area (Å²) in [6, 6.07) is 7.86. The Bertz CT molecular complexity index is 331. The zero-order valence-electron chi connectivity index (χ0n) is 8.24. The monoisotopic (exact) mass is 268 g/mol. The topological polar surface area (TPSA) is 47.3 Å². The molecular weight excluding hydrogens is 256 g/mol. The standard InChI is InChI=1S/C11H13BrN2O/c1-2-7-15-11(8-14-13)9-3-5-10(12)6-4-9/h1,3-6,11,14H,7-8,13H2. The van der Waals surface area contributed by atoms with Gasteiger partial charge in [-0.3, -0.25) is 11.3 Å². The Hall–Kier alpha value is -0.860. The third kappa shape index (κ3) is 4.02. The van der Waals surface area contributed by atoms with Crippen molar-refractivity contribution in [2.45, 2.75) is 6.10 Å². The molecule has 0 heterocycles. The van der Waals surface area contributed by atoms with Gasteiger partial charge in [0.15, 0.2) is 0 Å². The predicted octanol–water partition coefficient (Wildman–Crippen LogP) is 1.60. The van der Waals surface area contributed by atoms with E-state index in [0.717, 1.165) is 10.0 Å². The smallest absolute Gasteiger partial charge is 0.108 e. The molecule has 0 amide bonds. The van der Waals surface area contributed by atoms with Crippen LogP contribution in [0.25, 0.3) is 0 Å². The summed E-state index contributed by atoms with van der Waals surface area (Å²) in [5.41, 5.74) is 3.63. The molecule has 1 aromatic rings. The fourth-order valence-corrected chi connectivity index (χ4v) is 1.47. The van der Waals surface area contributed by atoms with E-state index in [-0.39, 0.29) is 12.7 Å². The SMILES string of the molecule is C#CCOC(CNN)c1ccc(Br)cc1. The third-order valence-corrected chi connectivity index (χ3v) is 2.44. The lowest BCUT2D eigenvalue weighted by molar-refractivity contribution is 0.0776. The second-order valence-electron chi connectivity index (χ2n) is 2.96. The molecule has 3 N–H and O–H groups in total. The Morgan fingerprint density at radius 1 is 1.47 bits per heavy atom. The minimum absolute atomic E-state index is 0.112. The zero-order valence-corrected chi connectivity index (χ0v) is 9.83. The Labute approximate surface area is 98.1 Å². The molecule has 0 saturated carbocycles. The molecule has 15 heavy (non-hydrogen) atoms. The van der Waals surface area contributed by atoms with E-state index in [4.69, 9.17) is 17.0 Å². The van der Waals surface area contributed by atoms with Crippen LogP contribution in [0.5, 0.6) is 0 Å². The van der Waals surface area contributed by atoms with E-state index in [1.54, 1.807) is 0 Å². The highest BCUT2D eigenvalue weighted by molar-refractivity contribution is 9.10. The molecule has 3 nitrogen and oxygen atoms in total. The molecule has 0 spiro atoms. The largest absolute Gasteiger partial charge is 0.359 e. The Morgan fingerprint density at radius 2 is 2.13 bits per heavy atom. The summed E-state index contributed by atoms with van der Waals surface area (Å²) >= 11 is 3.37. The van der Waals surface area contributed by atoms with Crippen LogP contribution in [0.4, 0.5) is 0 Å². The normalized spacial score (nSPS) is 12.1. The molecule has 80 valence electrons. The maximum atomic E-state index is 5.46. The lowest BCUT2D eigenvalue weighted by Crippen LogP contribution is -2.29. The van der Waals surface area contributed by atoms with Crippen LogP contribution < -0.4 is 11.3 Å². The van der Waals surface area contributed by atoms with Gasteiger partial charge in [-0.25, -0.2) is 0 Å². The first kappa shape index (κ1) is 12.2. The minimum atomic E-state index is -0.112. The summed E-state index contributed by atoms with van der Waals surface area (Å²) in [4.78, 5) is 0. The van der Waals surface area contributed by atoms with Gasteiger partial charge in [0.2, 0.25) is 0 Å². The first-order valence-corrected chi connectivity index (χ1v) is 5.31. The van der Waals surface area contributed by atoms with Crippen LogP contribution in [-0.4, -0.2) is 13.2 Å². The lowest BCUT2D eigenvalue weighted by Gasteiger charge is -2.16. The Kier molecular flexibility index (Phi) is 5.37. The van der Waals surface area contributed by atoms with Crippen LogP contribution in [0.3, 0.4) is 0 Å². The number of hydrazine groups is 1. The van der Waals surface area contributed by atoms with Crippen molar-refractivity contribution >= 4 is 15.9 Å². The molecular formula is C11H13BrN2O. The zero-order chi connectivity index (χ0) is 11.1. The van der Waals surface area contributed by atoms with Gasteiger partial charge in [0.1, 0.15) is 6.61 Å². The summed E-state index contributed by atoms with van der Waals surface area (Å²) in [5.74, 6) is 7.72. The van der Waals surface area contributed by atoms with Crippen molar-refractivity contribution in [3.8, 4) is 12.3 Å². The summed E-state index contributed by atoms with van der Waals surface area (Å²) < 4.78 is 6.49. The van der Waals surface area contributed by atoms with Crippen LogP contribution >= 0.6 is 15.9 Å². The number of ether oxygens (including phenoxy) is 1. The summed E-state index contributed by atoms with van der Waals surface area (Å²) in [5, 5.41) is 0. The maximum Gasteiger partial charge on any atom is 0.108 e. The first-order chi connectivity index (χ1) is 7.27. The van der Waals surface area contributed by atoms with Gasteiger partial charge in [-0.15, -0.1) is 6.42 Å². The number of terminal acetylenes is 1. The van der Waals surface area contributed by atoms with Crippen LogP contribution in [0, 0.1) is 12.3 Å². The van der Waals surface area contributed by atoms with Crippen LogP contribution in [-0.2, 0) is 4.74 Å². The summed E-state index contributed by atoms with van der Waals surface area (Å²) in [7, 11) is 0. The second kappa shape index (κ2) is 6.59. The van der Waals surface area contributed by atoms with Crippen molar-refractivity contribution in [2.24, 2.45) is 5.84 Å². The molecule has 0 aliphatic heterocycles. The van der Waals surface area contributed by atoms with Gasteiger partial charge in [0.25, 0.3) is 0 Å². The van der Waals surface area contributed by atoms with Crippen molar-refractivity contribution in [3.05, 3.63) is 34.3 Å². The molecule has 0 aliphatic carbocycles. The molecule has 1 aromatic carbocycles. The summed E-state index contributed by atoms with van der Waals surface area (Å²) in [6.45, 7) is 0.811. The van der Waals surface area contributed by atoms with Crippen molar-refractivity contribution in [1.82, 2.24) is 5.43 Å². The van der Waals surface area contributed by atoms with Gasteiger partial charge < -0.3 is 4.74 Å². The first-order valence-electron chi connectivity index (χ1n) is 4.52. The molecule has 0 aromatic heterocycles. The number of halogens is 1. The van der Waals surface area contributed by atoms with Crippen molar-refractivity contribution in [2.75, 3.05) is 13.2 Å². The lowest BCUT2D eigenvalue weighted by atomic mass is 10.1. The van der Waals surface area contributed by atoms with E-state index in [2.05, 4.69) is 27.3 Å². The highest BCUT2D eigenvalue weighted by Crippen LogP contribution is 2.19. The fourth-order valence-electron chi connectivity index (χ4n) is 1.21. The second-order valence-corrected chi connectivity index (χ2v) is 3.88. The quantitative estimate of drug-likeness (QED) is 0.485. The molecule has 0 saturated heterocycles. The van der Waals surface area contributed by atoms with Crippen molar-refractivity contribution < 1.29 is 4.74 Å². The van der Waals surface area contributed by atoms with Gasteiger partial charge in [-0.2, -0.15) is 0 Å². The van der Waals surface area contributed by atoms with E-state index >= 15 is 0 Å². The number of benzene rings is 1. The molecule has 1 atom stereocenters. The van der Waals surface area contributed by atoms with Gasteiger partial charge in [0.05, 0.1) is 6.10 Å². The van der Waals surface area contributed by atoms with Gasteiger partial charge in [-0.1, -0.05) is 34.0 Å². The third-order valence-electron chi connectivity index (χ3n) is 1.91. The molecule has 0 aliphatic rings. The molecule has 0 fully saturated rings. The number of nitrogens with two attached hydrogens (primary N) is 1. The number of nitrogens with one attached hydrogen (secondary N) is 1. The maximum absolute atomic E-state index is 5.46. The fraction of sp³-hybridized carbons (Fsp3) is 0.273. The van der Waals surface area contributed by atoms with Gasteiger partial charge in [-0.05, 0) is 17.7 Å². The van der Waals surface area contributed by atoms with Crippen LogP contribution in [0.2, 0.25) is 0 Å². The van der Waals surface area contributed by atoms with E-state index in [1.165, 1.54) is 0 Å². The predicted molar refractivity (Wildman–Crippen MR) is 63.9 cm³/mol. The van der Waals surface area contributed by atoms with Gasteiger partial charge >= 0.3 is 0 Å². The van der Waals surface area contributed by atoms with Crippen LogP contribution in [0.15, 0.2) is 28.7 Å². The number of hydrogen-bond donors (Lipinski definition) is 2. The molecule has 4 heteroatoms. The number of hydrogen-bond acceptors (Lipinski definition) is 3. The average Bonchev–Trinajstić information content (AvgIpc) is 2.25. The van der Waals surface area contributed by atoms with Gasteiger partial charge in [0, 0.05) is 11.0 Å². The van der Waals surface area contributed by atoms with E-state index in [9.17, 15) is 0 Å². The van der Waals surface area contributed by atoms with Crippen molar-refractivity contribution in [3.63, 3.8) is 0 Å². The number of rotatable bonds is 5. The summed E-state index contributed by atoms with van der Waals surface area (Å²) in [6.07, 6.45) is 5.03. The molecule has 0 radical (unpaired) electrons. The van der Waals surface area contributed by atoms with E-state index < -0.39 is 0 Å². The molecule has 1 rings (SSSR count). The van der Waals surface area contributed by atoms with Crippen LogP contribution in [0.1, 0.15) is 11.7 Å². The van der Waals surface area contributed by atoms with E-state index in [0.29, 0.717) is 6.54 Å². The Balaban J connectivity index is 2.70. The Morgan fingerprint density at radius 3 is 2.67 bits per heavy atom. The highest BCUT2D eigenvalue weighted by atomic mass is 79.9. The minimum Gasteiger partial charge on any atom is -0.359 e. The molecule has 1 unspecified atom stereocenters. The molecule has 0 bridgehead atoms. The average molecular weight is 269 g/mol. The van der Waals surface area contributed by atoms with E-state index in [1.807, 2.05) is 24.3 Å².